The number of nitrogens with zero attached hydrogens (tertiary/aromatic N) is 3. The third-order valence-corrected chi connectivity index (χ3v) is 7.06. The Kier molecular flexibility index (Phi) is 5.40. The first-order chi connectivity index (χ1) is 15.1. The maximum absolute atomic E-state index is 11.8. The van der Waals surface area contributed by atoms with Crippen LogP contribution in [0.15, 0.2) is 48.5 Å². The largest absolute Gasteiger partial charge is 0.338 e. The second-order valence-electron chi connectivity index (χ2n) is 8.92. The summed E-state index contributed by atoms with van der Waals surface area (Å²) in [5.74, 6) is 1.15. The molecule has 2 bridgehead atoms. The normalized spacial score (nSPS) is 25.0. The predicted molar refractivity (Wildman–Crippen MR) is 124 cm³/mol. The smallest absolute Gasteiger partial charge is 0.314 e. The molecule has 6 nitrogen and oxygen atoms in total. The summed E-state index contributed by atoms with van der Waals surface area (Å²) in [6.07, 6.45) is 2.35. The monoisotopic (exact) mass is 417 g/mol. The first kappa shape index (κ1) is 20.1. The van der Waals surface area contributed by atoms with Gasteiger partial charge < -0.3 is 10.6 Å². The van der Waals surface area contributed by atoms with E-state index in [1.807, 2.05) is 6.92 Å². The first-order valence-corrected chi connectivity index (χ1v) is 11.4. The molecule has 3 fully saturated rings. The number of carbonyl (C=O) groups excluding carboxylic acids is 1. The highest BCUT2D eigenvalue weighted by atomic mass is 16.2. The molecule has 2 aromatic carbocycles. The Morgan fingerprint density at radius 1 is 1.13 bits per heavy atom. The highest BCUT2D eigenvalue weighted by Gasteiger charge is 2.41. The fourth-order valence-electron chi connectivity index (χ4n) is 5.44. The molecule has 0 spiro atoms. The number of rotatable bonds is 5. The van der Waals surface area contributed by atoms with Crippen molar-refractivity contribution < 1.29 is 4.79 Å². The van der Waals surface area contributed by atoms with Gasteiger partial charge in [0.25, 0.3) is 0 Å². The molecule has 6 rings (SSSR count). The van der Waals surface area contributed by atoms with E-state index in [4.69, 9.17) is 5.10 Å². The van der Waals surface area contributed by atoms with Gasteiger partial charge in [-0.3, -0.25) is 9.58 Å². The van der Waals surface area contributed by atoms with Crippen LogP contribution in [0.1, 0.15) is 31.4 Å². The van der Waals surface area contributed by atoms with Gasteiger partial charge >= 0.3 is 6.03 Å². The number of aryl methyl sites for hydroxylation is 1. The van der Waals surface area contributed by atoms with Crippen molar-refractivity contribution in [2.45, 2.75) is 31.7 Å². The van der Waals surface area contributed by atoms with Crippen LogP contribution in [0, 0.1) is 5.92 Å². The Morgan fingerprint density at radius 3 is 2.74 bits per heavy atom. The van der Waals surface area contributed by atoms with Crippen molar-refractivity contribution in [3.05, 3.63) is 54.2 Å². The standard InChI is InChI=1S/C25H31N5O/c1-3-26-25(31)27-15-21-13-19-10-11-30(21)16-22(19)24-14-23(28-29(24)2)20-9-8-17-6-4-5-7-18(17)12-20/h4-9,12,14,19,21-22H,3,10-11,13,15-16H2,1-2H3,(H2,26,27,31)/t19-,21-,22+/m1/s1. The van der Waals surface area contributed by atoms with E-state index in [9.17, 15) is 4.79 Å². The van der Waals surface area contributed by atoms with Gasteiger partial charge in [-0.15, -0.1) is 0 Å². The molecule has 6 heteroatoms. The molecule has 3 aliphatic heterocycles. The summed E-state index contributed by atoms with van der Waals surface area (Å²) in [5, 5.41) is 13.2. The molecule has 3 aliphatic rings. The maximum atomic E-state index is 11.8. The van der Waals surface area contributed by atoms with Crippen molar-refractivity contribution in [1.29, 1.82) is 0 Å². The average molecular weight is 418 g/mol. The van der Waals surface area contributed by atoms with Gasteiger partial charge in [0.2, 0.25) is 0 Å². The molecule has 4 atom stereocenters. The number of aromatic nitrogens is 2. The van der Waals surface area contributed by atoms with Crippen LogP contribution in [-0.2, 0) is 7.05 Å². The molecule has 2 amide bonds. The van der Waals surface area contributed by atoms with Crippen molar-refractivity contribution in [3.8, 4) is 11.3 Å². The molecule has 1 aromatic heterocycles. The lowest BCUT2D eigenvalue weighted by molar-refractivity contribution is 0.0294. The quantitative estimate of drug-likeness (QED) is 0.665. The van der Waals surface area contributed by atoms with Crippen LogP contribution in [0.4, 0.5) is 4.79 Å². The van der Waals surface area contributed by atoms with E-state index in [2.05, 4.69) is 75.8 Å². The predicted octanol–water partition coefficient (Wildman–Crippen LogP) is 3.74. The molecule has 1 unspecified atom stereocenters. The van der Waals surface area contributed by atoms with E-state index in [0.717, 1.165) is 31.7 Å². The fraction of sp³-hybridized carbons (Fsp3) is 0.440. The van der Waals surface area contributed by atoms with Crippen LogP contribution in [0.5, 0.6) is 0 Å². The van der Waals surface area contributed by atoms with Gasteiger partial charge in [-0.25, -0.2) is 4.79 Å². The fourth-order valence-corrected chi connectivity index (χ4v) is 5.44. The first-order valence-electron chi connectivity index (χ1n) is 11.4. The Morgan fingerprint density at radius 2 is 1.97 bits per heavy atom. The molecule has 0 radical (unpaired) electrons. The molecule has 2 N–H and O–H groups in total. The number of benzene rings is 2. The van der Waals surface area contributed by atoms with Crippen molar-refractivity contribution >= 4 is 16.8 Å². The zero-order chi connectivity index (χ0) is 21.4. The number of hydrogen-bond donors (Lipinski definition) is 2. The van der Waals surface area contributed by atoms with E-state index in [1.165, 1.54) is 28.5 Å². The number of urea groups is 1. The van der Waals surface area contributed by atoms with Crippen molar-refractivity contribution in [2.75, 3.05) is 26.2 Å². The van der Waals surface area contributed by atoms with Crippen LogP contribution in [0.3, 0.4) is 0 Å². The average Bonchev–Trinajstić information content (AvgIpc) is 3.19. The minimum atomic E-state index is -0.0617. The molecule has 0 aliphatic carbocycles. The Bertz CT molecular complexity index is 1090. The SMILES string of the molecule is CCNC(=O)NC[C@H]1C[C@H]2CCN1C[C@@H]2c1cc(-c2ccc3ccccc3c2)nn1C. The third-order valence-electron chi connectivity index (χ3n) is 7.06. The minimum absolute atomic E-state index is 0.0617. The molecule has 162 valence electrons. The zero-order valence-corrected chi connectivity index (χ0v) is 18.3. The van der Waals surface area contributed by atoms with Gasteiger partial charge in [0.05, 0.1) is 5.69 Å². The Labute approximate surface area is 183 Å². The number of fused-ring (bicyclic) bond motifs is 4. The van der Waals surface area contributed by atoms with Crippen molar-refractivity contribution in [1.82, 2.24) is 25.3 Å². The van der Waals surface area contributed by atoms with Gasteiger partial charge in [-0.2, -0.15) is 5.10 Å². The second kappa shape index (κ2) is 8.35. The molecule has 4 heterocycles. The molecule has 3 saturated heterocycles. The zero-order valence-electron chi connectivity index (χ0n) is 18.3. The van der Waals surface area contributed by atoms with Crippen LogP contribution in [-0.4, -0.2) is 52.9 Å². The summed E-state index contributed by atoms with van der Waals surface area (Å²) in [6.45, 7) is 5.49. The summed E-state index contributed by atoms with van der Waals surface area (Å²) < 4.78 is 2.08. The van der Waals surface area contributed by atoms with Crippen LogP contribution >= 0.6 is 0 Å². The van der Waals surface area contributed by atoms with Gasteiger partial charge in [-0.1, -0.05) is 36.4 Å². The minimum Gasteiger partial charge on any atom is -0.338 e. The lowest BCUT2D eigenvalue weighted by Crippen LogP contribution is -2.56. The van der Waals surface area contributed by atoms with Crippen LogP contribution in [0.25, 0.3) is 22.0 Å². The summed E-state index contributed by atoms with van der Waals surface area (Å²) in [4.78, 5) is 14.3. The van der Waals surface area contributed by atoms with Crippen LogP contribution < -0.4 is 10.6 Å². The summed E-state index contributed by atoms with van der Waals surface area (Å²) >= 11 is 0. The van der Waals surface area contributed by atoms with Gasteiger partial charge in [-0.05, 0) is 55.1 Å². The van der Waals surface area contributed by atoms with E-state index in [1.54, 1.807) is 0 Å². The molecular formula is C25H31N5O. The summed E-state index contributed by atoms with van der Waals surface area (Å²) in [6, 6.07) is 17.7. The lowest BCUT2D eigenvalue weighted by Gasteiger charge is -2.49. The Balaban J connectivity index is 1.32. The molecule has 3 aromatic rings. The van der Waals surface area contributed by atoms with Crippen LogP contribution in [0.2, 0.25) is 0 Å². The number of carbonyl (C=O) groups is 1. The molecule has 0 saturated carbocycles. The van der Waals surface area contributed by atoms with E-state index < -0.39 is 0 Å². The molecule has 31 heavy (non-hydrogen) atoms. The molecular weight excluding hydrogens is 386 g/mol. The topological polar surface area (TPSA) is 62.2 Å². The van der Waals surface area contributed by atoms with E-state index in [0.29, 0.717) is 24.4 Å². The Hall–Kier alpha value is -2.86. The van der Waals surface area contributed by atoms with Gasteiger partial charge in [0.1, 0.15) is 0 Å². The van der Waals surface area contributed by atoms with Gasteiger partial charge in [0, 0.05) is 49.9 Å². The number of hydrogen-bond acceptors (Lipinski definition) is 3. The van der Waals surface area contributed by atoms with E-state index in [-0.39, 0.29) is 6.03 Å². The number of amides is 2. The highest BCUT2D eigenvalue weighted by Crippen LogP contribution is 2.42. The van der Waals surface area contributed by atoms with Crippen molar-refractivity contribution in [2.24, 2.45) is 13.0 Å². The van der Waals surface area contributed by atoms with Gasteiger partial charge in [0.15, 0.2) is 0 Å². The second-order valence-corrected chi connectivity index (χ2v) is 8.92. The summed E-state index contributed by atoms with van der Waals surface area (Å²) in [7, 11) is 2.08. The van der Waals surface area contributed by atoms with E-state index >= 15 is 0 Å². The highest BCUT2D eigenvalue weighted by molar-refractivity contribution is 5.86. The number of nitrogens with one attached hydrogen (secondary N) is 2. The lowest BCUT2D eigenvalue weighted by atomic mass is 9.74. The number of piperidine rings is 3. The van der Waals surface area contributed by atoms with Crippen molar-refractivity contribution in [3.63, 3.8) is 0 Å². The maximum Gasteiger partial charge on any atom is 0.314 e. The third kappa shape index (κ3) is 3.92. The summed E-state index contributed by atoms with van der Waals surface area (Å²) in [5.41, 5.74) is 3.55.